The smallest absolute Gasteiger partial charge is 0.462 e. The monoisotopic (exact) mass is 1350 g/mol. The Hall–Kier alpha value is -1.94. The summed E-state index contributed by atoms with van der Waals surface area (Å²) in [5.41, 5.74) is 0. The van der Waals surface area contributed by atoms with Crippen LogP contribution in [-0.2, 0) is 65.4 Å². The van der Waals surface area contributed by atoms with E-state index in [9.17, 15) is 43.2 Å². The maximum atomic E-state index is 13.1. The molecular weight excluding hydrogens is 1210 g/mol. The molecule has 17 nitrogen and oxygen atoms in total. The zero-order chi connectivity index (χ0) is 67.7. The normalized spacial score (nSPS) is 14.0. The molecule has 92 heavy (non-hydrogen) atoms. The third-order valence-electron chi connectivity index (χ3n) is 17.0. The second kappa shape index (κ2) is 66.3. The predicted octanol–water partition coefficient (Wildman–Crippen LogP) is 21.3. The van der Waals surface area contributed by atoms with Crippen LogP contribution in [-0.4, -0.2) is 96.7 Å². The van der Waals surface area contributed by atoms with Gasteiger partial charge in [-0.25, -0.2) is 9.13 Å². The van der Waals surface area contributed by atoms with Gasteiger partial charge in [-0.3, -0.25) is 37.3 Å². The first kappa shape index (κ1) is 90.1. The van der Waals surface area contributed by atoms with Gasteiger partial charge in [0.25, 0.3) is 0 Å². The zero-order valence-corrected chi connectivity index (χ0v) is 61.5. The van der Waals surface area contributed by atoms with Crippen molar-refractivity contribution in [1.82, 2.24) is 0 Å². The van der Waals surface area contributed by atoms with Gasteiger partial charge in [-0.05, 0) is 31.6 Å². The van der Waals surface area contributed by atoms with Gasteiger partial charge in [0.05, 0.1) is 26.4 Å². The number of hydrogen-bond donors (Lipinski definition) is 3. The first-order chi connectivity index (χ1) is 44.5. The quantitative estimate of drug-likeness (QED) is 0.0222. The van der Waals surface area contributed by atoms with Crippen molar-refractivity contribution in [2.45, 2.75) is 400 Å². The van der Waals surface area contributed by atoms with E-state index in [0.717, 1.165) is 102 Å². The lowest BCUT2D eigenvalue weighted by Crippen LogP contribution is -2.30. The molecule has 546 valence electrons. The fourth-order valence-electron chi connectivity index (χ4n) is 11.2. The summed E-state index contributed by atoms with van der Waals surface area (Å²) in [6, 6.07) is 0. The van der Waals surface area contributed by atoms with E-state index in [0.29, 0.717) is 25.7 Å². The van der Waals surface area contributed by atoms with Crippen LogP contribution in [0.3, 0.4) is 0 Å². The molecule has 0 aliphatic carbocycles. The predicted molar refractivity (Wildman–Crippen MR) is 372 cm³/mol. The standard InChI is InChI=1S/C73H142O17P2/c1-6-9-12-15-18-21-23-30-34-38-42-47-52-57-71(76)84-63-69(90-73(78)59-54-49-44-39-35-32-29-27-25-24-26-28-31-33-36-40-45-50-55-66(4)5)65-88-92(81,82)86-61-67(74)60-85-91(79,80)87-64-68(62-83-70(75)56-51-46-41-20-17-14-11-8-3)89-72(77)58-53-48-43-37-22-19-16-13-10-7-2/h66-69,74H,6-65H2,1-5H3,(H,79,80)(H,81,82)/t67-,68+,69+/m0/s1. The SMILES string of the molecule is CCCCCCCCCCCCCCCC(=O)OC[C@H](COP(=O)(O)OC[C@@H](O)COP(=O)(O)OC[C@@H](COC(=O)CCCCCCCCCC)OC(=O)CCCCCCCCCCCC)OC(=O)CCCCCCCCCCCCCCCCCCCCC(C)C. The summed E-state index contributed by atoms with van der Waals surface area (Å²) in [6.45, 7) is 7.27. The van der Waals surface area contributed by atoms with Crippen molar-refractivity contribution in [2.75, 3.05) is 39.6 Å². The molecule has 0 aromatic rings. The minimum Gasteiger partial charge on any atom is -0.462 e. The lowest BCUT2D eigenvalue weighted by molar-refractivity contribution is -0.161. The Morgan fingerprint density at radius 2 is 0.500 bits per heavy atom. The van der Waals surface area contributed by atoms with Crippen molar-refractivity contribution in [1.29, 1.82) is 0 Å². The summed E-state index contributed by atoms with van der Waals surface area (Å²) in [5, 5.41) is 10.6. The molecule has 0 amide bonds. The molecule has 0 rings (SSSR count). The summed E-state index contributed by atoms with van der Waals surface area (Å²) in [4.78, 5) is 72.5. The van der Waals surface area contributed by atoms with Crippen molar-refractivity contribution >= 4 is 39.5 Å². The largest absolute Gasteiger partial charge is 0.472 e. The maximum absolute atomic E-state index is 13.1. The molecule has 3 N–H and O–H groups in total. The summed E-state index contributed by atoms with van der Waals surface area (Å²) >= 11 is 0. The Kier molecular flexibility index (Phi) is 64.9. The van der Waals surface area contributed by atoms with E-state index in [-0.39, 0.29) is 25.7 Å². The molecule has 0 spiro atoms. The van der Waals surface area contributed by atoms with E-state index in [1.165, 1.54) is 199 Å². The van der Waals surface area contributed by atoms with Crippen molar-refractivity contribution < 1.29 is 80.2 Å². The van der Waals surface area contributed by atoms with Gasteiger partial charge in [-0.15, -0.1) is 0 Å². The van der Waals surface area contributed by atoms with Gasteiger partial charge < -0.3 is 33.8 Å². The van der Waals surface area contributed by atoms with Gasteiger partial charge >= 0.3 is 39.5 Å². The Morgan fingerprint density at radius 1 is 0.293 bits per heavy atom. The average molecular weight is 1350 g/mol. The molecule has 0 aromatic heterocycles. The number of phosphoric ester groups is 2. The number of carbonyl (C=O) groups is 4. The van der Waals surface area contributed by atoms with Crippen molar-refractivity contribution in [2.24, 2.45) is 5.92 Å². The average Bonchev–Trinajstić information content (AvgIpc) is 3.74. The van der Waals surface area contributed by atoms with Crippen LogP contribution in [0.1, 0.15) is 381 Å². The highest BCUT2D eigenvalue weighted by Gasteiger charge is 2.30. The van der Waals surface area contributed by atoms with Crippen LogP contribution < -0.4 is 0 Å². The van der Waals surface area contributed by atoms with Gasteiger partial charge in [0.1, 0.15) is 19.3 Å². The molecule has 0 aliphatic rings. The topological polar surface area (TPSA) is 237 Å². The first-order valence-electron chi connectivity index (χ1n) is 38.1. The number of aliphatic hydroxyl groups is 1. The van der Waals surface area contributed by atoms with E-state index in [1.54, 1.807) is 0 Å². The first-order valence-corrected chi connectivity index (χ1v) is 41.1. The molecule has 0 fully saturated rings. The molecule has 0 saturated carbocycles. The highest BCUT2D eigenvalue weighted by atomic mass is 31.2. The number of unbranched alkanes of at least 4 members (excludes halogenated alkanes) is 45. The Labute approximate surface area is 562 Å². The van der Waals surface area contributed by atoms with Gasteiger partial charge in [0.15, 0.2) is 12.2 Å². The molecule has 5 atom stereocenters. The van der Waals surface area contributed by atoms with Crippen LogP contribution in [0.5, 0.6) is 0 Å². The van der Waals surface area contributed by atoms with E-state index >= 15 is 0 Å². The fourth-order valence-corrected chi connectivity index (χ4v) is 12.8. The van der Waals surface area contributed by atoms with Crippen LogP contribution in [0.2, 0.25) is 0 Å². The Balaban J connectivity index is 5.16. The molecule has 0 saturated heterocycles. The highest BCUT2D eigenvalue weighted by molar-refractivity contribution is 7.47. The number of carbonyl (C=O) groups excluding carboxylic acids is 4. The van der Waals surface area contributed by atoms with Gasteiger partial charge in [-0.1, -0.05) is 330 Å². The van der Waals surface area contributed by atoms with Crippen LogP contribution >= 0.6 is 15.6 Å². The molecule has 0 aromatic carbocycles. The minimum atomic E-state index is -4.95. The number of rotatable bonds is 73. The van der Waals surface area contributed by atoms with Crippen LogP contribution in [0, 0.1) is 5.92 Å². The molecule has 0 aliphatic heterocycles. The summed E-state index contributed by atoms with van der Waals surface area (Å²) in [6.07, 6.45) is 54.2. The molecule has 0 heterocycles. The van der Waals surface area contributed by atoms with Crippen molar-refractivity contribution in [3.63, 3.8) is 0 Å². The van der Waals surface area contributed by atoms with E-state index in [4.69, 9.17) is 37.0 Å². The molecule has 0 bridgehead atoms. The zero-order valence-electron chi connectivity index (χ0n) is 59.7. The van der Waals surface area contributed by atoms with E-state index in [1.807, 2.05) is 0 Å². The summed E-state index contributed by atoms with van der Waals surface area (Å²) in [5.74, 6) is -1.30. The van der Waals surface area contributed by atoms with Crippen LogP contribution in [0.15, 0.2) is 0 Å². The maximum Gasteiger partial charge on any atom is 0.472 e. The van der Waals surface area contributed by atoms with Crippen LogP contribution in [0.25, 0.3) is 0 Å². The number of ether oxygens (including phenoxy) is 4. The number of hydrogen-bond acceptors (Lipinski definition) is 15. The number of aliphatic hydroxyl groups excluding tert-OH is 1. The number of phosphoric acid groups is 2. The second-order valence-corrected chi connectivity index (χ2v) is 29.7. The molecule has 0 radical (unpaired) electrons. The highest BCUT2D eigenvalue weighted by Crippen LogP contribution is 2.45. The van der Waals surface area contributed by atoms with Crippen LogP contribution in [0.4, 0.5) is 0 Å². The van der Waals surface area contributed by atoms with E-state index < -0.39 is 97.5 Å². The molecule has 19 heteroatoms. The second-order valence-electron chi connectivity index (χ2n) is 26.8. The third-order valence-corrected chi connectivity index (χ3v) is 18.9. The van der Waals surface area contributed by atoms with Gasteiger partial charge in [0, 0.05) is 25.7 Å². The van der Waals surface area contributed by atoms with Gasteiger partial charge in [-0.2, -0.15) is 0 Å². The minimum absolute atomic E-state index is 0.107. The summed E-state index contributed by atoms with van der Waals surface area (Å²) in [7, 11) is -9.90. The lowest BCUT2D eigenvalue weighted by Gasteiger charge is -2.21. The number of esters is 4. The Bertz CT molecular complexity index is 1770. The Morgan fingerprint density at radius 3 is 0.739 bits per heavy atom. The fraction of sp³-hybridized carbons (Fsp3) is 0.945. The van der Waals surface area contributed by atoms with E-state index in [2.05, 4.69) is 34.6 Å². The molecular formula is C73H142O17P2. The van der Waals surface area contributed by atoms with Crippen molar-refractivity contribution in [3.8, 4) is 0 Å². The third kappa shape index (κ3) is 66.7. The van der Waals surface area contributed by atoms with Crippen molar-refractivity contribution in [3.05, 3.63) is 0 Å². The summed E-state index contributed by atoms with van der Waals surface area (Å²) < 4.78 is 68.3. The van der Waals surface area contributed by atoms with Gasteiger partial charge in [0.2, 0.25) is 0 Å². The lowest BCUT2D eigenvalue weighted by atomic mass is 10.0. The molecule has 2 unspecified atom stereocenters.